The molecule has 2 aliphatic rings. The van der Waals surface area contributed by atoms with Gasteiger partial charge >= 0.3 is 0 Å². The molecular weight excluding hydrogens is 325 g/mol. The Kier molecular flexibility index (Phi) is 7.59. The fourth-order valence-electron chi connectivity index (χ4n) is 3.48. The first-order valence-corrected chi connectivity index (χ1v) is 7.62. The minimum Gasteiger partial charge on any atom is -0.353 e. The third-order valence-corrected chi connectivity index (χ3v) is 4.64. The van der Waals surface area contributed by atoms with Crippen molar-refractivity contribution in [3.8, 4) is 0 Å². The molecule has 1 aliphatic carbocycles. The van der Waals surface area contributed by atoms with Crippen LogP contribution in [0, 0.1) is 12.8 Å². The van der Waals surface area contributed by atoms with Crippen LogP contribution in [0.1, 0.15) is 37.9 Å². The Bertz CT molecular complexity index is 468. The van der Waals surface area contributed by atoms with E-state index < -0.39 is 0 Å². The van der Waals surface area contributed by atoms with E-state index in [9.17, 15) is 4.79 Å². The third kappa shape index (κ3) is 4.33. The number of carbonyl (C=O) groups is 1. The summed E-state index contributed by atoms with van der Waals surface area (Å²) >= 11 is 0. The molecule has 3 rings (SSSR count). The molecule has 1 saturated heterocycles. The molecule has 6 nitrogen and oxygen atoms in total. The number of nitrogens with zero attached hydrogens (tertiary/aromatic N) is 3. The van der Waals surface area contributed by atoms with E-state index >= 15 is 0 Å². The summed E-state index contributed by atoms with van der Waals surface area (Å²) in [6.07, 6.45) is 7.83. The quantitative estimate of drug-likeness (QED) is 0.863. The summed E-state index contributed by atoms with van der Waals surface area (Å²) in [6.45, 7) is 3.27. The highest BCUT2D eigenvalue weighted by atomic mass is 35.5. The summed E-state index contributed by atoms with van der Waals surface area (Å²) in [7, 11) is 0. The van der Waals surface area contributed by atoms with Crippen LogP contribution in [0.3, 0.4) is 0 Å². The Balaban J connectivity index is 0.00000121. The van der Waals surface area contributed by atoms with Crippen LogP contribution in [0.25, 0.3) is 0 Å². The van der Waals surface area contributed by atoms with Crippen molar-refractivity contribution in [3.63, 3.8) is 0 Å². The molecule has 22 heavy (non-hydrogen) atoms. The molecule has 126 valence electrons. The van der Waals surface area contributed by atoms with Gasteiger partial charge in [0.15, 0.2) is 0 Å². The van der Waals surface area contributed by atoms with E-state index in [1.54, 1.807) is 6.33 Å². The fraction of sp³-hybridized carbons (Fsp3) is 0.786. The third-order valence-electron chi connectivity index (χ3n) is 4.64. The zero-order valence-electron chi connectivity index (χ0n) is 12.8. The number of hydrogen-bond acceptors (Lipinski definition) is 4. The highest BCUT2D eigenvalue weighted by Crippen LogP contribution is 2.33. The maximum Gasteiger partial charge on any atom is 0.237 e. The van der Waals surface area contributed by atoms with Gasteiger partial charge in [-0.05, 0) is 32.1 Å². The molecule has 0 radical (unpaired) electrons. The average Bonchev–Trinajstić information content (AvgIpc) is 3.05. The largest absolute Gasteiger partial charge is 0.353 e. The monoisotopic (exact) mass is 349 g/mol. The number of aromatic nitrogens is 3. The van der Waals surface area contributed by atoms with Crippen LogP contribution in [0.2, 0.25) is 0 Å². The van der Waals surface area contributed by atoms with Crippen molar-refractivity contribution in [1.82, 2.24) is 25.4 Å². The molecule has 1 amide bonds. The van der Waals surface area contributed by atoms with E-state index in [4.69, 9.17) is 0 Å². The molecule has 0 bridgehead atoms. The van der Waals surface area contributed by atoms with Crippen molar-refractivity contribution < 1.29 is 4.79 Å². The molecule has 2 N–H and O–H groups in total. The standard InChI is InChI=1S/C14H23N5O.2ClH/c1-10-18-16-9-19(10)7-6-15-14(20)13-8-11-4-2-3-5-12(11)17-13;;/h9,11-13,17H,2-8H2,1H3,(H,15,20);2*1H. The Labute approximate surface area is 143 Å². The number of fused-ring (bicyclic) bond motifs is 1. The zero-order chi connectivity index (χ0) is 13.9. The van der Waals surface area contributed by atoms with Crippen LogP contribution in [0.5, 0.6) is 0 Å². The van der Waals surface area contributed by atoms with Crippen molar-refractivity contribution in [2.24, 2.45) is 5.92 Å². The first kappa shape index (κ1) is 19.2. The first-order valence-electron chi connectivity index (χ1n) is 7.62. The highest BCUT2D eigenvalue weighted by Gasteiger charge is 2.37. The van der Waals surface area contributed by atoms with Crippen molar-refractivity contribution in [2.75, 3.05) is 6.54 Å². The molecule has 0 spiro atoms. The predicted octanol–water partition coefficient (Wildman–Crippen LogP) is 1.47. The molecule has 2 heterocycles. The number of rotatable bonds is 4. The second-order valence-corrected chi connectivity index (χ2v) is 5.97. The Morgan fingerprint density at radius 1 is 1.41 bits per heavy atom. The number of carbonyl (C=O) groups excluding carboxylic acids is 1. The van der Waals surface area contributed by atoms with Gasteiger partial charge in [0, 0.05) is 19.1 Å². The SMILES string of the molecule is Cc1nncn1CCNC(=O)C1CC2CCCCC2N1.Cl.Cl. The minimum absolute atomic E-state index is 0. The molecule has 1 aliphatic heterocycles. The second-order valence-electron chi connectivity index (χ2n) is 5.97. The summed E-state index contributed by atoms with van der Waals surface area (Å²) in [5, 5.41) is 14.3. The zero-order valence-corrected chi connectivity index (χ0v) is 14.5. The van der Waals surface area contributed by atoms with E-state index in [1.165, 1.54) is 25.7 Å². The molecule has 0 aromatic carbocycles. The van der Waals surface area contributed by atoms with Gasteiger partial charge in [-0.25, -0.2) is 0 Å². The topological polar surface area (TPSA) is 71.8 Å². The molecule has 1 aromatic heterocycles. The Hall–Kier alpha value is -0.850. The summed E-state index contributed by atoms with van der Waals surface area (Å²) in [5.41, 5.74) is 0. The normalized spacial score (nSPS) is 26.5. The summed E-state index contributed by atoms with van der Waals surface area (Å²) in [5.74, 6) is 1.73. The van der Waals surface area contributed by atoms with E-state index in [-0.39, 0.29) is 36.8 Å². The van der Waals surface area contributed by atoms with Crippen LogP contribution in [-0.2, 0) is 11.3 Å². The van der Waals surface area contributed by atoms with Gasteiger partial charge in [-0.3, -0.25) is 4.79 Å². The lowest BCUT2D eigenvalue weighted by atomic mass is 9.85. The van der Waals surface area contributed by atoms with Crippen LogP contribution >= 0.6 is 24.8 Å². The van der Waals surface area contributed by atoms with Crippen LogP contribution in [-0.4, -0.2) is 39.3 Å². The highest BCUT2D eigenvalue weighted by molar-refractivity contribution is 5.85. The Morgan fingerprint density at radius 3 is 2.86 bits per heavy atom. The van der Waals surface area contributed by atoms with Crippen LogP contribution < -0.4 is 10.6 Å². The molecule has 3 atom stereocenters. The maximum absolute atomic E-state index is 12.2. The van der Waals surface area contributed by atoms with E-state index in [2.05, 4.69) is 20.8 Å². The summed E-state index contributed by atoms with van der Waals surface area (Å²) in [4.78, 5) is 12.2. The van der Waals surface area contributed by atoms with E-state index in [0.29, 0.717) is 18.5 Å². The van der Waals surface area contributed by atoms with Gasteiger partial charge in [-0.1, -0.05) is 12.8 Å². The number of hydrogen-bond donors (Lipinski definition) is 2. The average molecular weight is 350 g/mol. The van der Waals surface area contributed by atoms with Crippen molar-refractivity contribution in [3.05, 3.63) is 12.2 Å². The van der Waals surface area contributed by atoms with Gasteiger partial charge in [-0.2, -0.15) is 0 Å². The van der Waals surface area contributed by atoms with Crippen molar-refractivity contribution >= 4 is 30.7 Å². The lowest BCUT2D eigenvalue weighted by Gasteiger charge is -2.24. The predicted molar refractivity (Wildman–Crippen MR) is 89.6 cm³/mol. The van der Waals surface area contributed by atoms with Crippen molar-refractivity contribution in [2.45, 2.75) is 57.7 Å². The number of aryl methyl sites for hydroxylation is 1. The van der Waals surface area contributed by atoms with Crippen LogP contribution in [0.4, 0.5) is 0 Å². The van der Waals surface area contributed by atoms with Gasteiger partial charge < -0.3 is 15.2 Å². The minimum atomic E-state index is 0. The lowest BCUT2D eigenvalue weighted by Crippen LogP contribution is -2.43. The van der Waals surface area contributed by atoms with Crippen LogP contribution in [0.15, 0.2) is 6.33 Å². The van der Waals surface area contributed by atoms with Gasteiger partial charge in [0.25, 0.3) is 0 Å². The second kappa shape index (κ2) is 8.70. The van der Waals surface area contributed by atoms with Gasteiger partial charge in [0.1, 0.15) is 12.2 Å². The summed E-state index contributed by atoms with van der Waals surface area (Å²) < 4.78 is 1.95. The number of nitrogens with one attached hydrogen (secondary N) is 2. The van der Waals surface area contributed by atoms with Crippen molar-refractivity contribution in [1.29, 1.82) is 0 Å². The number of amides is 1. The molecule has 1 saturated carbocycles. The molecule has 2 fully saturated rings. The van der Waals surface area contributed by atoms with Gasteiger partial charge in [0.2, 0.25) is 5.91 Å². The van der Waals surface area contributed by atoms with Gasteiger partial charge in [-0.15, -0.1) is 35.0 Å². The van der Waals surface area contributed by atoms with E-state index in [0.717, 1.165) is 18.8 Å². The molecule has 1 aromatic rings. The molecular formula is C14H25Cl2N5O. The maximum atomic E-state index is 12.2. The molecule has 8 heteroatoms. The first-order chi connectivity index (χ1) is 9.74. The smallest absolute Gasteiger partial charge is 0.237 e. The summed E-state index contributed by atoms with van der Waals surface area (Å²) in [6, 6.07) is 0.574. The van der Waals surface area contributed by atoms with Gasteiger partial charge in [0.05, 0.1) is 6.04 Å². The molecule has 3 unspecified atom stereocenters. The Morgan fingerprint density at radius 2 is 2.18 bits per heavy atom. The van der Waals surface area contributed by atoms with E-state index in [1.807, 2.05) is 11.5 Å². The number of halogens is 2. The lowest BCUT2D eigenvalue weighted by molar-refractivity contribution is -0.122. The fourth-order valence-corrected chi connectivity index (χ4v) is 3.48.